The van der Waals surface area contributed by atoms with Crippen molar-refractivity contribution in [1.29, 1.82) is 0 Å². The van der Waals surface area contributed by atoms with Crippen LogP contribution in [0.1, 0.15) is 41.3 Å². The summed E-state index contributed by atoms with van der Waals surface area (Å²) in [7, 11) is 3.03. The van der Waals surface area contributed by atoms with Crippen molar-refractivity contribution in [2.24, 2.45) is 0 Å². The van der Waals surface area contributed by atoms with Gasteiger partial charge >= 0.3 is 0 Å². The summed E-state index contributed by atoms with van der Waals surface area (Å²) in [5.41, 5.74) is 0.563. The van der Waals surface area contributed by atoms with Crippen LogP contribution in [0.15, 0.2) is 46.1 Å². The lowest BCUT2D eigenvalue weighted by atomic mass is 9.99. The Labute approximate surface area is 162 Å². The van der Waals surface area contributed by atoms with Crippen molar-refractivity contribution in [3.63, 3.8) is 0 Å². The standard InChI is InChI=1S/C21H22FNO5/c1-21(2,27-4)16-10-13(9-12-5-7-14(22)8-6-12)19(28-16)17(24)15-11-23(3)20(26)18(15)25/h5-8,10,25H,9,11H2,1-4H3. The Hall–Kier alpha value is -2.93. The molecule has 0 saturated heterocycles. The van der Waals surface area contributed by atoms with Crippen LogP contribution in [0.2, 0.25) is 0 Å². The Kier molecular flexibility index (Phi) is 5.12. The highest BCUT2D eigenvalue weighted by atomic mass is 19.1. The molecule has 0 bridgehead atoms. The minimum atomic E-state index is -0.783. The molecule has 0 radical (unpaired) electrons. The van der Waals surface area contributed by atoms with Crippen LogP contribution in [-0.4, -0.2) is 42.4 Å². The maximum absolute atomic E-state index is 13.2. The van der Waals surface area contributed by atoms with Gasteiger partial charge in [-0.25, -0.2) is 4.39 Å². The number of benzene rings is 1. The maximum atomic E-state index is 13.2. The number of ketones is 1. The zero-order chi connectivity index (χ0) is 20.6. The van der Waals surface area contributed by atoms with Crippen molar-refractivity contribution in [2.45, 2.75) is 25.9 Å². The minimum absolute atomic E-state index is 0.00317. The van der Waals surface area contributed by atoms with Crippen molar-refractivity contribution >= 4 is 11.7 Å². The van der Waals surface area contributed by atoms with Crippen LogP contribution in [0.3, 0.4) is 0 Å². The first-order chi connectivity index (χ1) is 13.1. The Morgan fingerprint density at radius 1 is 1.32 bits per heavy atom. The third kappa shape index (κ3) is 3.57. The van der Waals surface area contributed by atoms with Crippen LogP contribution in [0.25, 0.3) is 0 Å². The molecule has 0 atom stereocenters. The topological polar surface area (TPSA) is 80.0 Å². The molecule has 148 valence electrons. The highest BCUT2D eigenvalue weighted by Gasteiger charge is 2.36. The highest BCUT2D eigenvalue weighted by Crippen LogP contribution is 2.32. The predicted molar refractivity (Wildman–Crippen MR) is 99.6 cm³/mol. The van der Waals surface area contributed by atoms with Gasteiger partial charge in [0.1, 0.15) is 17.2 Å². The Bertz CT molecular complexity index is 956. The summed E-state index contributed by atoms with van der Waals surface area (Å²) in [5, 5.41) is 10.0. The van der Waals surface area contributed by atoms with Crippen molar-refractivity contribution in [2.75, 3.05) is 20.7 Å². The Morgan fingerprint density at radius 2 is 1.96 bits per heavy atom. The number of aliphatic hydroxyl groups excluding tert-OH is 1. The number of carbonyl (C=O) groups excluding carboxylic acids is 2. The molecule has 1 amide bonds. The molecule has 0 fully saturated rings. The number of nitrogens with zero attached hydrogens (tertiary/aromatic N) is 1. The second-order valence-electron chi connectivity index (χ2n) is 7.30. The number of hydrogen-bond donors (Lipinski definition) is 1. The number of ether oxygens (including phenoxy) is 1. The molecule has 0 aliphatic carbocycles. The van der Waals surface area contributed by atoms with Crippen molar-refractivity contribution in [3.05, 3.63) is 70.1 Å². The number of amides is 1. The lowest BCUT2D eigenvalue weighted by Crippen LogP contribution is -2.22. The molecule has 2 heterocycles. The summed E-state index contributed by atoms with van der Waals surface area (Å²) in [6.45, 7) is 3.60. The number of likely N-dealkylation sites (N-methyl/N-ethyl adjacent to an activating group) is 1. The average molecular weight is 387 g/mol. The number of carbonyl (C=O) groups is 2. The number of methoxy groups -OCH3 is 1. The van der Waals surface area contributed by atoms with Crippen molar-refractivity contribution < 1.29 is 28.2 Å². The van der Waals surface area contributed by atoms with Crippen molar-refractivity contribution in [3.8, 4) is 0 Å². The second-order valence-corrected chi connectivity index (χ2v) is 7.30. The van der Waals surface area contributed by atoms with E-state index in [0.29, 0.717) is 17.7 Å². The quantitative estimate of drug-likeness (QED) is 0.769. The predicted octanol–water partition coefficient (Wildman–Crippen LogP) is 3.36. The molecule has 0 spiro atoms. The summed E-state index contributed by atoms with van der Waals surface area (Å²) < 4.78 is 24.5. The van der Waals surface area contributed by atoms with Crippen LogP contribution in [0.5, 0.6) is 0 Å². The first-order valence-corrected chi connectivity index (χ1v) is 8.79. The summed E-state index contributed by atoms with van der Waals surface area (Å²) >= 11 is 0. The van der Waals surface area contributed by atoms with Gasteiger partial charge in [0.15, 0.2) is 11.5 Å². The van der Waals surface area contributed by atoms with E-state index in [9.17, 15) is 19.1 Å². The van der Waals surface area contributed by atoms with E-state index in [1.54, 1.807) is 32.0 Å². The average Bonchev–Trinajstić information content (AvgIpc) is 3.20. The number of halogens is 1. The van der Waals surface area contributed by atoms with Crippen LogP contribution in [0.4, 0.5) is 4.39 Å². The number of furan rings is 1. The van der Waals surface area contributed by atoms with Gasteiger partial charge in [-0.05, 0) is 37.6 Å². The Balaban J connectivity index is 2.04. The first kappa shape index (κ1) is 19.8. The minimum Gasteiger partial charge on any atom is -0.503 e. The molecule has 1 aromatic heterocycles. The number of hydrogen-bond acceptors (Lipinski definition) is 5. The zero-order valence-electron chi connectivity index (χ0n) is 16.2. The summed E-state index contributed by atoms with van der Waals surface area (Å²) in [4.78, 5) is 26.2. The molecular formula is C21H22FNO5. The molecule has 28 heavy (non-hydrogen) atoms. The first-order valence-electron chi connectivity index (χ1n) is 8.79. The molecule has 6 nitrogen and oxygen atoms in total. The third-order valence-electron chi connectivity index (χ3n) is 4.93. The van der Waals surface area contributed by atoms with E-state index >= 15 is 0 Å². The number of rotatable bonds is 6. The van der Waals surface area contributed by atoms with E-state index < -0.39 is 23.1 Å². The summed E-state index contributed by atoms with van der Waals surface area (Å²) in [6.07, 6.45) is 0.322. The van der Waals surface area contributed by atoms with Gasteiger partial charge in [0.2, 0.25) is 5.78 Å². The van der Waals surface area contributed by atoms with Crippen LogP contribution in [0, 0.1) is 5.82 Å². The molecular weight excluding hydrogens is 365 g/mol. The summed E-state index contributed by atoms with van der Waals surface area (Å²) in [6, 6.07) is 7.66. The van der Waals surface area contributed by atoms with E-state index in [4.69, 9.17) is 9.15 Å². The van der Waals surface area contributed by atoms with Gasteiger partial charge in [0.25, 0.3) is 5.91 Å². The van der Waals surface area contributed by atoms with Gasteiger partial charge < -0.3 is 19.2 Å². The molecule has 1 aliphatic heterocycles. The molecule has 0 unspecified atom stereocenters. The van der Waals surface area contributed by atoms with Gasteiger partial charge in [-0.15, -0.1) is 0 Å². The third-order valence-corrected chi connectivity index (χ3v) is 4.93. The highest BCUT2D eigenvalue weighted by molar-refractivity contribution is 6.14. The number of aliphatic hydroxyl groups is 1. The molecule has 1 aliphatic rings. The van der Waals surface area contributed by atoms with E-state index in [-0.39, 0.29) is 23.7 Å². The zero-order valence-corrected chi connectivity index (χ0v) is 16.2. The van der Waals surface area contributed by atoms with E-state index in [1.807, 2.05) is 0 Å². The normalized spacial score (nSPS) is 14.9. The van der Waals surface area contributed by atoms with E-state index in [0.717, 1.165) is 5.56 Å². The van der Waals surface area contributed by atoms with Gasteiger partial charge in [-0.1, -0.05) is 12.1 Å². The summed E-state index contributed by atoms with van der Waals surface area (Å²) in [5.74, 6) is -1.60. The number of Topliss-reactive ketones (excluding diaryl/α,β-unsaturated/α-hetero) is 1. The van der Waals surface area contributed by atoms with Gasteiger partial charge in [-0.2, -0.15) is 0 Å². The fourth-order valence-electron chi connectivity index (χ4n) is 2.98. The van der Waals surface area contributed by atoms with Crippen LogP contribution >= 0.6 is 0 Å². The van der Waals surface area contributed by atoms with Gasteiger partial charge in [0, 0.05) is 26.1 Å². The van der Waals surface area contributed by atoms with Gasteiger partial charge in [0.05, 0.1) is 12.1 Å². The molecule has 1 aromatic carbocycles. The lowest BCUT2D eigenvalue weighted by molar-refractivity contribution is -0.126. The monoisotopic (exact) mass is 387 g/mol. The van der Waals surface area contributed by atoms with Gasteiger partial charge in [-0.3, -0.25) is 9.59 Å². The molecule has 2 aromatic rings. The second kappa shape index (κ2) is 7.24. The molecule has 7 heteroatoms. The maximum Gasteiger partial charge on any atom is 0.289 e. The fourth-order valence-corrected chi connectivity index (χ4v) is 2.98. The smallest absolute Gasteiger partial charge is 0.289 e. The molecule has 3 rings (SSSR count). The fraction of sp³-hybridized carbons (Fsp3) is 0.333. The SMILES string of the molecule is COC(C)(C)c1cc(Cc2ccc(F)cc2)c(C(=O)C2=C(O)C(=O)N(C)C2)o1. The molecule has 0 saturated carbocycles. The van der Waals surface area contributed by atoms with Crippen molar-refractivity contribution in [1.82, 2.24) is 4.90 Å². The largest absolute Gasteiger partial charge is 0.503 e. The van der Waals surface area contributed by atoms with E-state index in [1.165, 1.54) is 31.2 Å². The van der Waals surface area contributed by atoms with Crippen LogP contribution < -0.4 is 0 Å². The molecule has 1 N–H and O–H groups in total. The van der Waals surface area contributed by atoms with E-state index in [2.05, 4.69) is 0 Å². The lowest BCUT2D eigenvalue weighted by Gasteiger charge is -2.19. The Morgan fingerprint density at radius 3 is 2.50 bits per heavy atom. The van der Waals surface area contributed by atoms with Crippen LogP contribution in [-0.2, 0) is 21.6 Å².